The van der Waals surface area contributed by atoms with Gasteiger partial charge in [0.15, 0.2) is 0 Å². The minimum absolute atomic E-state index is 0. The molecule has 16 heavy (non-hydrogen) atoms. The summed E-state index contributed by atoms with van der Waals surface area (Å²) in [4.78, 5) is 4.27. The summed E-state index contributed by atoms with van der Waals surface area (Å²) in [6.07, 6.45) is 5.05. The van der Waals surface area contributed by atoms with Crippen LogP contribution in [0.15, 0.2) is 18.3 Å². The summed E-state index contributed by atoms with van der Waals surface area (Å²) in [6.45, 7) is 2.13. The van der Waals surface area contributed by atoms with Gasteiger partial charge in [0.1, 0.15) is 5.60 Å². The van der Waals surface area contributed by atoms with Gasteiger partial charge >= 0.3 is 0 Å². The van der Waals surface area contributed by atoms with E-state index < -0.39 is 0 Å². The van der Waals surface area contributed by atoms with Crippen LogP contribution >= 0.6 is 24.8 Å². The van der Waals surface area contributed by atoms with E-state index in [1.54, 1.807) is 6.20 Å². The molecule has 5 heteroatoms. The van der Waals surface area contributed by atoms with E-state index in [-0.39, 0.29) is 30.4 Å². The average Bonchev–Trinajstić information content (AvgIpc) is 2.56. The molecule has 3 heterocycles. The molecule has 1 aromatic heterocycles. The monoisotopic (exact) mass is 262 g/mol. The highest BCUT2D eigenvalue weighted by Gasteiger charge is 2.40. The van der Waals surface area contributed by atoms with Gasteiger partial charge in [-0.3, -0.25) is 0 Å². The molecule has 0 saturated carbocycles. The minimum Gasteiger partial charge on any atom is -0.470 e. The highest BCUT2D eigenvalue weighted by molar-refractivity contribution is 5.85. The third kappa shape index (κ3) is 2.26. The van der Waals surface area contributed by atoms with E-state index in [9.17, 15) is 0 Å². The van der Waals surface area contributed by atoms with Crippen LogP contribution in [0, 0.1) is 0 Å². The summed E-state index contributed by atoms with van der Waals surface area (Å²) >= 11 is 0. The second-order valence-corrected chi connectivity index (χ2v) is 4.18. The molecule has 0 bridgehead atoms. The van der Waals surface area contributed by atoms with Crippen molar-refractivity contribution >= 4 is 24.8 Å². The van der Waals surface area contributed by atoms with Gasteiger partial charge < -0.3 is 10.1 Å². The number of piperidine rings is 1. The van der Waals surface area contributed by atoms with Crippen molar-refractivity contribution in [1.29, 1.82) is 0 Å². The lowest BCUT2D eigenvalue weighted by Crippen LogP contribution is -2.45. The average molecular weight is 263 g/mol. The van der Waals surface area contributed by atoms with Gasteiger partial charge in [-0.2, -0.15) is 0 Å². The number of rotatable bonds is 0. The Morgan fingerprint density at radius 3 is 2.69 bits per heavy atom. The lowest BCUT2D eigenvalue weighted by molar-refractivity contribution is 0.0562. The van der Waals surface area contributed by atoms with E-state index in [2.05, 4.69) is 16.4 Å². The number of hydrogen-bond acceptors (Lipinski definition) is 3. The second kappa shape index (κ2) is 5.21. The van der Waals surface area contributed by atoms with Crippen LogP contribution in [-0.2, 0) is 6.42 Å². The normalized spacial score (nSPS) is 20.2. The summed E-state index contributed by atoms with van der Waals surface area (Å²) in [7, 11) is 0. The van der Waals surface area contributed by atoms with Crippen molar-refractivity contribution in [3.63, 3.8) is 0 Å². The number of ether oxygens (including phenoxy) is 1. The summed E-state index contributed by atoms with van der Waals surface area (Å²) in [5, 5.41) is 3.36. The Labute approximate surface area is 108 Å². The Bertz CT molecular complexity index is 327. The fourth-order valence-corrected chi connectivity index (χ4v) is 2.40. The number of pyridine rings is 1. The third-order valence-electron chi connectivity index (χ3n) is 3.19. The Balaban J connectivity index is 0.000000640. The van der Waals surface area contributed by atoms with E-state index >= 15 is 0 Å². The van der Waals surface area contributed by atoms with Crippen molar-refractivity contribution in [3.05, 3.63) is 23.9 Å². The Kier molecular flexibility index (Phi) is 4.42. The van der Waals surface area contributed by atoms with Crippen molar-refractivity contribution in [2.24, 2.45) is 0 Å². The van der Waals surface area contributed by atoms with E-state index in [0.717, 1.165) is 38.2 Å². The lowest BCUT2D eigenvalue weighted by Gasteiger charge is -2.32. The largest absolute Gasteiger partial charge is 0.470 e. The zero-order chi connectivity index (χ0) is 9.43. The van der Waals surface area contributed by atoms with Gasteiger partial charge in [0.2, 0.25) is 5.88 Å². The molecule has 1 fully saturated rings. The van der Waals surface area contributed by atoms with Crippen molar-refractivity contribution in [3.8, 4) is 5.88 Å². The maximum Gasteiger partial charge on any atom is 0.217 e. The molecule has 2 aliphatic heterocycles. The molecule has 3 rings (SSSR count). The van der Waals surface area contributed by atoms with Crippen LogP contribution in [0.4, 0.5) is 0 Å². The molecular formula is C11H16Cl2N2O. The molecule has 90 valence electrons. The van der Waals surface area contributed by atoms with Crippen LogP contribution in [0.2, 0.25) is 0 Å². The molecule has 2 aliphatic rings. The minimum atomic E-state index is 0. The summed E-state index contributed by atoms with van der Waals surface area (Å²) < 4.78 is 5.98. The molecule has 1 N–H and O–H groups in total. The quantitative estimate of drug-likeness (QED) is 0.777. The fraction of sp³-hybridized carbons (Fsp3) is 0.545. The molecule has 1 spiro atoms. The molecule has 0 unspecified atom stereocenters. The van der Waals surface area contributed by atoms with E-state index in [4.69, 9.17) is 4.74 Å². The van der Waals surface area contributed by atoms with E-state index in [0.29, 0.717) is 0 Å². The lowest BCUT2D eigenvalue weighted by atomic mass is 9.88. The maximum atomic E-state index is 5.98. The summed E-state index contributed by atoms with van der Waals surface area (Å²) in [6, 6.07) is 4.11. The molecule has 3 nitrogen and oxygen atoms in total. The molecule has 0 radical (unpaired) electrons. The number of hydrogen-bond donors (Lipinski definition) is 1. The highest BCUT2D eigenvalue weighted by atomic mass is 35.5. The topological polar surface area (TPSA) is 34.2 Å². The van der Waals surface area contributed by atoms with Crippen molar-refractivity contribution in [2.75, 3.05) is 13.1 Å². The second-order valence-electron chi connectivity index (χ2n) is 4.18. The highest BCUT2D eigenvalue weighted by Crippen LogP contribution is 2.37. The van der Waals surface area contributed by atoms with Crippen molar-refractivity contribution in [1.82, 2.24) is 10.3 Å². The number of halogens is 2. The molecule has 1 saturated heterocycles. The number of nitrogens with zero attached hydrogens (tertiary/aromatic N) is 1. The van der Waals surface area contributed by atoms with Gasteiger partial charge in [-0.1, -0.05) is 6.07 Å². The summed E-state index contributed by atoms with van der Waals surface area (Å²) in [5.74, 6) is 0.856. The van der Waals surface area contributed by atoms with Gasteiger partial charge in [0, 0.05) is 31.0 Å². The van der Waals surface area contributed by atoms with Gasteiger partial charge in [-0.05, 0) is 19.2 Å². The first kappa shape index (κ1) is 13.6. The maximum absolute atomic E-state index is 5.98. The van der Waals surface area contributed by atoms with Gasteiger partial charge in [-0.15, -0.1) is 24.8 Å². The van der Waals surface area contributed by atoms with Crippen molar-refractivity contribution in [2.45, 2.75) is 24.9 Å². The zero-order valence-electron chi connectivity index (χ0n) is 8.94. The third-order valence-corrected chi connectivity index (χ3v) is 3.19. The predicted molar refractivity (Wildman–Crippen MR) is 67.9 cm³/mol. The predicted octanol–water partition coefficient (Wildman–Crippen LogP) is 1.98. The smallest absolute Gasteiger partial charge is 0.217 e. The summed E-state index contributed by atoms with van der Waals surface area (Å²) in [5.41, 5.74) is 1.33. The van der Waals surface area contributed by atoms with E-state index in [1.807, 2.05) is 6.07 Å². The van der Waals surface area contributed by atoms with Crippen LogP contribution in [0.3, 0.4) is 0 Å². The Hall–Kier alpha value is -0.510. The van der Waals surface area contributed by atoms with Crippen LogP contribution in [0.25, 0.3) is 0 Å². The number of aromatic nitrogens is 1. The van der Waals surface area contributed by atoms with Crippen LogP contribution in [-0.4, -0.2) is 23.7 Å². The van der Waals surface area contributed by atoms with Gasteiger partial charge in [0.25, 0.3) is 0 Å². The Morgan fingerprint density at radius 1 is 1.25 bits per heavy atom. The first-order chi connectivity index (χ1) is 6.88. The fourth-order valence-electron chi connectivity index (χ4n) is 2.40. The molecule has 1 aromatic rings. The molecule has 0 aliphatic carbocycles. The SMILES string of the molecule is Cl.Cl.c1cnc2c(c1)CC1(CCNCC1)O2. The molecule has 0 aromatic carbocycles. The van der Waals surface area contributed by atoms with Gasteiger partial charge in [0.05, 0.1) is 0 Å². The Morgan fingerprint density at radius 2 is 2.00 bits per heavy atom. The molecule has 0 atom stereocenters. The zero-order valence-corrected chi connectivity index (χ0v) is 10.6. The molecular weight excluding hydrogens is 247 g/mol. The van der Waals surface area contributed by atoms with Crippen LogP contribution in [0.1, 0.15) is 18.4 Å². The number of nitrogens with one attached hydrogen (secondary N) is 1. The first-order valence-corrected chi connectivity index (χ1v) is 5.22. The van der Waals surface area contributed by atoms with Gasteiger partial charge in [-0.25, -0.2) is 4.98 Å². The number of fused-ring (bicyclic) bond motifs is 1. The van der Waals surface area contributed by atoms with Crippen LogP contribution < -0.4 is 10.1 Å². The first-order valence-electron chi connectivity index (χ1n) is 5.22. The van der Waals surface area contributed by atoms with Crippen molar-refractivity contribution < 1.29 is 4.74 Å². The standard InChI is InChI=1S/C11H14N2O.2ClH/c1-2-9-8-11(3-6-12-7-4-11)14-10(9)13-5-1;;/h1-2,5,12H,3-4,6-8H2;2*1H. The van der Waals surface area contributed by atoms with E-state index in [1.165, 1.54) is 5.56 Å². The molecule has 0 amide bonds. The van der Waals surface area contributed by atoms with Crippen LogP contribution in [0.5, 0.6) is 5.88 Å².